The number of para-hydroxylation sites is 2. The SMILES string of the molecule is CC(OC(=O)OCC=CCOC(=O)NC(=O)N1c2ccccc2C=Cc2ccccc21)O[N+](=O)[O-]. The fourth-order valence-corrected chi connectivity index (χ4v) is 3.06. The number of anilines is 2. The minimum Gasteiger partial charge on any atom is -0.445 e. The average Bonchev–Trinajstić information content (AvgIpc) is 2.97. The molecule has 0 aromatic heterocycles. The van der Waals surface area contributed by atoms with Crippen LogP contribution in [-0.4, -0.2) is 42.9 Å². The average molecular weight is 483 g/mol. The molecule has 0 spiro atoms. The molecule has 12 nitrogen and oxygen atoms in total. The van der Waals surface area contributed by atoms with E-state index in [1.807, 2.05) is 36.4 Å². The normalized spacial score (nSPS) is 12.5. The van der Waals surface area contributed by atoms with Crippen LogP contribution >= 0.6 is 0 Å². The zero-order valence-corrected chi connectivity index (χ0v) is 18.5. The van der Waals surface area contributed by atoms with Crippen molar-refractivity contribution in [3.05, 3.63) is 81.9 Å². The Kier molecular flexibility index (Phi) is 8.38. The zero-order valence-electron chi connectivity index (χ0n) is 18.5. The summed E-state index contributed by atoms with van der Waals surface area (Å²) in [6.07, 6.45) is 2.91. The van der Waals surface area contributed by atoms with Gasteiger partial charge in [0.2, 0.25) is 6.29 Å². The monoisotopic (exact) mass is 483 g/mol. The third-order valence-corrected chi connectivity index (χ3v) is 4.48. The number of ether oxygens (including phenoxy) is 3. The molecule has 2 aromatic carbocycles. The van der Waals surface area contributed by atoms with Gasteiger partial charge < -0.3 is 14.2 Å². The van der Waals surface area contributed by atoms with Crippen molar-refractivity contribution >= 4 is 41.8 Å². The molecule has 0 aliphatic carbocycles. The highest BCUT2D eigenvalue weighted by Crippen LogP contribution is 2.36. The first-order valence-electron chi connectivity index (χ1n) is 10.3. The van der Waals surface area contributed by atoms with E-state index >= 15 is 0 Å². The van der Waals surface area contributed by atoms with Crippen molar-refractivity contribution in [2.75, 3.05) is 18.1 Å². The Morgan fingerprint density at radius 1 is 0.971 bits per heavy atom. The summed E-state index contributed by atoms with van der Waals surface area (Å²) in [5.74, 6) is 0. The van der Waals surface area contributed by atoms with Gasteiger partial charge in [-0.2, -0.15) is 0 Å². The summed E-state index contributed by atoms with van der Waals surface area (Å²) < 4.78 is 14.1. The van der Waals surface area contributed by atoms with Gasteiger partial charge in [-0.05, 0) is 42.3 Å². The first-order valence-corrected chi connectivity index (χ1v) is 10.3. The Balaban J connectivity index is 1.50. The number of amides is 3. The molecule has 0 saturated heterocycles. The van der Waals surface area contributed by atoms with Gasteiger partial charge in [0.1, 0.15) is 13.2 Å². The summed E-state index contributed by atoms with van der Waals surface area (Å²) in [6.45, 7) is 0.683. The van der Waals surface area contributed by atoms with Crippen LogP contribution in [-0.2, 0) is 19.0 Å². The molecule has 0 fully saturated rings. The molecular weight excluding hydrogens is 462 g/mol. The van der Waals surface area contributed by atoms with Gasteiger partial charge in [0.05, 0.1) is 11.4 Å². The molecule has 1 N–H and O–H groups in total. The van der Waals surface area contributed by atoms with E-state index in [0.29, 0.717) is 11.4 Å². The van der Waals surface area contributed by atoms with Gasteiger partial charge in [0.25, 0.3) is 5.09 Å². The van der Waals surface area contributed by atoms with Gasteiger partial charge in [0.15, 0.2) is 0 Å². The van der Waals surface area contributed by atoms with E-state index in [-0.39, 0.29) is 13.2 Å². The van der Waals surface area contributed by atoms with Gasteiger partial charge in [-0.1, -0.05) is 48.6 Å². The van der Waals surface area contributed by atoms with Crippen LogP contribution in [0.15, 0.2) is 60.7 Å². The Bertz CT molecular complexity index is 1110. The maximum absolute atomic E-state index is 13.0. The summed E-state index contributed by atoms with van der Waals surface area (Å²) in [4.78, 5) is 52.0. The predicted octanol–water partition coefficient (Wildman–Crippen LogP) is 4.42. The molecular formula is C23H21N3O9. The maximum atomic E-state index is 13.0. The third-order valence-electron chi connectivity index (χ3n) is 4.48. The van der Waals surface area contributed by atoms with Crippen LogP contribution in [0.4, 0.5) is 25.8 Å². The van der Waals surface area contributed by atoms with Crippen molar-refractivity contribution in [3.8, 4) is 0 Å². The van der Waals surface area contributed by atoms with E-state index in [1.54, 1.807) is 24.3 Å². The highest BCUT2D eigenvalue weighted by Gasteiger charge is 2.25. The number of carbonyl (C=O) groups excluding carboxylic acids is 3. The number of nitrogens with one attached hydrogen (secondary N) is 1. The number of urea groups is 1. The van der Waals surface area contributed by atoms with Gasteiger partial charge in [0, 0.05) is 0 Å². The minimum atomic E-state index is -1.43. The summed E-state index contributed by atoms with van der Waals surface area (Å²) in [5.41, 5.74) is 2.79. The molecule has 182 valence electrons. The Labute approximate surface area is 199 Å². The zero-order chi connectivity index (χ0) is 25.2. The first kappa shape index (κ1) is 24.8. The van der Waals surface area contributed by atoms with Crippen LogP contribution < -0.4 is 10.2 Å². The molecule has 1 atom stereocenters. The molecule has 1 heterocycles. The fraction of sp³-hybridized carbons (Fsp3) is 0.174. The van der Waals surface area contributed by atoms with E-state index in [0.717, 1.165) is 18.1 Å². The summed E-state index contributed by atoms with van der Waals surface area (Å²) in [7, 11) is 0. The van der Waals surface area contributed by atoms with Crippen LogP contribution in [0.25, 0.3) is 12.2 Å². The second-order valence-corrected chi connectivity index (χ2v) is 6.86. The lowest BCUT2D eigenvalue weighted by molar-refractivity contribution is -0.777. The van der Waals surface area contributed by atoms with Crippen molar-refractivity contribution in [3.63, 3.8) is 0 Å². The molecule has 0 bridgehead atoms. The number of fused-ring (bicyclic) bond motifs is 2. The molecule has 0 radical (unpaired) electrons. The number of imide groups is 1. The Morgan fingerprint density at radius 2 is 1.51 bits per heavy atom. The lowest BCUT2D eigenvalue weighted by Crippen LogP contribution is -2.41. The number of carbonyl (C=O) groups is 3. The summed E-state index contributed by atoms with van der Waals surface area (Å²) >= 11 is 0. The number of benzene rings is 2. The lowest BCUT2D eigenvalue weighted by atomic mass is 10.1. The number of nitrogens with zero attached hydrogens (tertiary/aromatic N) is 2. The number of alkyl carbamates (subject to hydrolysis) is 1. The molecule has 2 aromatic rings. The van der Waals surface area contributed by atoms with Crippen LogP contribution in [0.5, 0.6) is 0 Å². The van der Waals surface area contributed by atoms with Crippen LogP contribution in [0.2, 0.25) is 0 Å². The van der Waals surface area contributed by atoms with Crippen LogP contribution in [0.3, 0.4) is 0 Å². The lowest BCUT2D eigenvalue weighted by Gasteiger charge is -2.24. The van der Waals surface area contributed by atoms with Crippen molar-refractivity contribution < 1.29 is 38.5 Å². The van der Waals surface area contributed by atoms with Crippen LogP contribution in [0, 0.1) is 10.1 Å². The van der Waals surface area contributed by atoms with Crippen molar-refractivity contribution in [1.82, 2.24) is 5.32 Å². The van der Waals surface area contributed by atoms with E-state index in [9.17, 15) is 24.5 Å². The van der Waals surface area contributed by atoms with E-state index in [2.05, 4.69) is 19.6 Å². The second-order valence-electron chi connectivity index (χ2n) is 6.86. The fourth-order valence-electron chi connectivity index (χ4n) is 3.06. The highest BCUT2D eigenvalue weighted by atomic mass is 17.0. The minimum absolute atomic E-state index is 0.215. The smallest absolute Gasteiger partial charge is 0.445 e. The van der Waals surface area contributed by atoms with E-state index in [4.69, 9.17) is 4.74 Å². The second kappa shape index (κ2) is 11.8. The third kappa shape index (κ3) is 7.05. The molecule has 3 amide bonds. The summed E-state index contributed by atoms with van der Waals surface area (Å²) in [6, 6.07) is 13.8. The predicted molar refractivity (Wildman–Crippen MR) is 123 cm³/mol. The molecule has 1 unspecified atom stereocenters. The molecule has 35 heavy (non-hydrogen) atoms. The van der Waals surface area contributed by atoms with E-state index in [1.165, 1.54) is 17.1 Å². The highest BCUT2D eigenvalue weighted by molar-refractivity contribution is 6.09. The van der Waals surface area contributed by atoms with Crippen molar-refractivity contribution in [1.29, 1.82) is 0 Å². The van der Waals surface area contributed by atoms with Gasteiger partial charge in [-0.3, -0.25) is 9.74 Å². The molecule has 12 heteroatoms. The molecule has 1 aliphatic heterocycles. The van der Waals surface area contributed by atoms with Gasteiger partial charge in [-0.15, -0.1) is 10.1 Å². The van der Waals surface area contributed by atoms with Crippen molar-refractivity contribution in [2.24, 2.45) is 0 Å². The van der Waals surface area contributed by atoms with Gasteiger partial charge in [-0.25, -0.2) is 19.7 Å². The van der Waals surface area contributed by atoms with Crippen molar-refractivity contribution in [2.45, 2.75) is 13.2 Å². The number of hydrogen-bond donors (Lipinski definition) is 1. The van der Waals surface area contributed by atoms with Crippen LogP contribution in [0.1, 0.15) is 18.1 Å². The van der Waals surface area contributed by atoms with E-state index < -0.39 is 29.7 Å². The largest absolute Gasteiger partial charge is 0.510 e. The molecule has 3 rings (SSSR count). The Hall–Kier alpha value is -4.87. The first-order chi connectivity index (χ1) is 16.8. The standard InChI is InChI=1S/C23H21N3O9/c1-16(35-26(30)31)34-23(29)33-15-7-6-14-32-22(28)24-21(27)25-19-10-4-2-8-17(19)12-13-18-9-3-5-11-20(18)25/h2-13,16H,14-15H2,1H3,(H,24,27,28). The maximum Gasteiger partial charge on any atom is 0.510 e. The topological polar surface area (TPSA) is 147 Å². The molecule has 1 aliphatic rings. The molecule has 0 saturated carbocycles. The Morgan fingerprint density at radius 3 is 2.09 bits per heavy atom. The quantitative estimate of drug-likeness (QED) is 0.199. The van der Waals surface area contributed by atoms with Gasteiger partial charge >= 0.3 is 18.3 Å². The number of rotatable bonds is 7. The number of hydrogen-bond acceptors (Lipinski definition) is 9. The summed E-state index contributed by atoms with van der Waals surface area (Å²) in [5, 5.41) is 11.2.